The Balaban J connectivity index is 2.43. The van der Waals surface area contributed by atoms with E-state index in [2.05, 4.69) is 27.7 Å². The number of hydrogen-bond acceptors (Lipinski definition) is 0. The van der Waals surface area contributed by atoms with Crippen LogP contribution in [-0.2, 0) is 0 Å². The fraction of sp³-hybridized carbons (Fsp3) is 1.00. The maximum atomic E-state index is 2.47. The second-order valence-corrected chi connectivity index (χ2v) is 6.22. The van der Waals surface area contributed by atoms with E-state index in [1.807, 2.05) is 0 Å². The molecule has 4 unspecified atom stereocenters. The van der Waals surface area contributed by atoms with Crippen LogP contribution in [0.1, 0.15) is 79.1 Å². The highest BCUT2D eigenvalue weighted by Crippen LogP contribution is 2.40. The van der Waals surface area contributed by atoms with Crippen molar-refractivity contribution < 1.29 is 0 Å². The van der Waals surface area contributed by atoms with Crippen molar-refractivity contribution in [3.05, 3.63) is 0 Å². The van der Waals surface area contributed by atoms with Crippen molar-refractivity contribution >= 4 is 0 Å². The average molecular weight is 224 g/mol. The Kier molecular flexibility index (Phi) is 6.46. The quantitative estimate of drug-likeness (QED) is 0.545. The van der Waals surface area contributed by atoms with Gasteiger partial charge in [-0.2, -0.15) is 0 Å². The minimum absolute atomic E-state index is 0.972. The van der Waals surface area contributed by atoms with E-state index < -0.39 is 0 Å². The van der Waals surface area contributed by atoms with Crippen LogP contribution in [0.4, 0.5) is 0 Å². The summed E-state index contributed by atoms with van der Waals surface area (Å²) in [7, 11) is 0. The third kappa shape index (κ3) is 4.11. The van der Waals surface area contributed by atoms with E-state index in [1.165, 1.54) is 51.4 Å². The van der Waals surface area contributed by atoms with Gasteiger partial charge in [0.2, 0.25) is 0 Å². The third-order valence-corrected chi connectivity index (χ3v) is 4.89. The molecule has 0 amide bonds. The van der Waals surface area contributed by atoms with Gasteiger partial charge < -0.3 is 0 Å². The van der Waals surface area contributed by atoms with Gasteiger partial charge >= 0.3 is 0 Å². The lowest BCUT2D eigenvalue weighted by atomic mass is 9.69. The summed E-state index contributed by atoms with van der Waals surface area (Å²) in [6.07, 6.45) is 11.7. The maximum absolute atomic E-state index is 2.47. The van der Waals surface area contributed by atoms with Crippen molar-refractivity contribution in [3.8, 4) is 0 Å². The molecule has 0 spiro atoms. The van der Waals surface area contributed by atoms with Crippen molar-refractivity contribution in [3.63, 3.8) is 0 Å². The van der Waals surface area contributed by atoms with Crippen LogP contribution in [0.3, 0.4) is 0 Å². The van der Waals surface area contributed by atoms with Crippen molar-refractivity contribution in [1.29, 1.82) is 0 Å². The van der Waals surface area contributed by atoms with Crippen LogP contribution in [0, 0.1) is 23.7 Å². The first-order chi connectivity index (χ1) is 7.69. The molecule has 0 N–H and O–H groups in total. The van der Waals surface area contributed by atoms with Gasteiger partial charge in [0, 0.05) is 0 Å². The third-order valence-electron chi connectivity index (χ3n) is 4.89. The molecule has 0 bridgehead atoms. The number of hydrogen-bond donors (Lipinski definition) is 0. The zero-order chi connectivity index (χ0) is 12.0. The zero-order valence-corrected chi connectivity index (χ0v) is 12.0. The maximum Gasteiger partial charge on any atom is -0.0383 e. The molecule has 1 rings (SSSR count). The number of rotatable bonds is 6. The van der Waals surface area contributed by atoms with E-state index in [0.717, 1.165) is 23.7 Å². The van der Waals surface area contributed by atoms with Crippen molar-refractivity contribution in [2.24, 2.45) is 23.7 Å². The molecule has 1 aliphatic carbocycles. The van der Waals surface area contributed by atoms with Crippen LogP contribution in [-0.4, -0.2) is 0 Å². The first-order valence-electron chi connectivity index (χ1n) is 7.69. The lowest BCUT2D eigenvalue weighted by molar-refractivity contribution is 0.142. The molecule has 0 aliphatic heterocycles. The summed E-state index contributed by atoms with van der Waals surface area (Å²) in [6.45, 7) is 9.60. The fourth-order valence-electron chi connectivity index (χ4n) is 3.47. The van der Waals surface area contributed by atoms with Gasteiger partial charge in [-0.25, -0.2) is 0 Å². The van der Waals surface area contributed by atoms with E-state index in [9.17, 15) is 0 Å². The molecular formula is C16H32. The van der Waals surface area contributed by atoms with Gasteiger partial charge in [0.05, 0.1) is 0 Å². The summed E-state index contributed by atoms with van der Waals surface area (Å²) >= 11 is 0. The highest BCUT2D eigenvalue weighted by atomic mass is 14.3. The summed E-state index contributed by atoms with van der Waals surface area (Å²) in [5.41, 5.74) is 0. The Labute approximate surface area is 103 Å². The van der Waals surface area contributed by atoms with Crippen molar-refractivity contribution in [1.82, 2.24) is 0 Å². The highest BCUT2D eigenvalue weighted by molar-refractivity contribution is 4.80. The molecule has 0 aromatic carbocycles. The Morgan fingerprint density at radius 2 is 1.69 bits per heavy atom. The Hall–Kier alpha value is 0. The summed E-state index contributed by atoms with van der Waals surface area (Å²) in [6, 6.07) is 0. The normalized spacial score (nSPS) is 32.6. The van der Waals surface area contributed by atoms with Gasteiger partial charge in [0.15, 0.2) is 0 Å². The van der Waals surface area contributed by atoms with Crippen molar-refractivity contribution in [2.45, 2.75) is 79.1 Å². The molecule has 0 heterocycles. The molecule has 96 valence electrons. The van der Waals surface area contributed by atoms with Gasteiger partial charge in [-0.1, -0.05) is 66.2 Å². The van der Waals surface area contributed by atoms with Crippen LogP contribution in [0.25, 0.3) is 0 Å². The smallest absolute Gasteiger partial charge is 0.0383 e. The summed E-state index contributed by atoms with van der Waals surface area (Å²) in [5.74, 6) is 4.04. The zero-order valence-electron chi connectivity index (χ0n) is 12.0. The van der Waals surface area contributed by atoms with E-state index in [1.54, 1.807) is 0 Å². The van der Waals surface area contributed by atoms with Crippen LogP contribution in [0.5, 0.6) is 0 Å². The van der Waals surface area contributed by atoms with E-state index in [4.69, 9.17) is 0 Å². The van der Waals surface area contributed by atoms with Gasteiger partial charge in [0.25, 0.3) is 0 Å². The first kappa shape index (κ1) is 14.1. The Bertz CT molecular complexity index is 171. The second kappa shape index (κ2) is 7.35. The molecule has 0 heteroatoms. The minimum atomic E-state index is 0.972. The SMILES string of the molecule is CCCCC(CCC)C1CCC(C)C(C)C1. The molecule has 0 radical (unpaired) electrons. The predicted octanol–water partition coefficient (Wildman–Crippen LogP) is 5.67. The summed E-state index contributed by atoms with van der Waals surface area (Å²) in [5, 5.41) is 0. The summed E-state index contributed by atoms with van der Waals surface area (Å²) < 4.78 is 0. The van der Waals surface area contributed by atoms with E-state index >= 15 is 0 Å². The molecule has 0 aromatic heterocycles. The Morgan fingerprint density at radius 3 is 2.25 bits per heavy atom. The topological polar surface area (TPSA) is 0 Å². The molecule has 0 aromatic rings. The first-order valence-corrected chi connectivity index (χ1v) is 7.69. The van der Waals surface area contributed by atoms with Crippen molar-refractivity contribution in [2.75, 3.05) is 0 Å². The standard InChI is InChI=1S/C16H32/c1-5-7-9-15(8-6-2)16-11-10-13(3)14(4)12-16/h13-16H,5-12H2,1-4H3. The number of unbranched alkanes of at least 4 members (excludes halogenated alkanes) is 1. The summed E-state index contributed by atoms with van der Waals surface area (Å²) in [4.78, 5) is 0. The molecule has 1 saturated carbocycles. The largest absolute Gasteiger partial charge is 0.0654 e. The lowest BCUT2D eigenvalue weighted by Gasteiger charge is -2.37. The lowest BCUT2D eigenvalue weighted by Crippen LogP contribution is -2.26. The van der Waals surface area contributed by atoms with Gasteiger partial charge in [-0.05, 0) is 36.5 Å². The highest BCUT2D eigenvalue weighted by Gasteiger charge is 2.29. The predicted molar refractivity (Wildman–Crippen MR) is 73.6 cm³/mol. The van der Waals surface area contributed by atoms with Crippen LogP contribution in [0.15, 0.2) is 0 Å². The van der Waals surface area contributed by atoms with E-state index in [-0.39, 0.29) is 0 Å². The van der Waals surface area contributed by atoms with Crippen LogP contribution >= 0.6 is 0 Å². The van der Waals surface area contributed by atoms with E-state index in [0.29, 0.717) is 0 Å². The Morgan fingerprint density at radius 1 is 0.938 bits per heavy atom. The molecule has 1 aliphatic rings. The molecule has 16 heavy (non-hydrogen) atoms. The van der Waals surface area contributed by atoms with Gasteiger partial charge in [-0.15, -0.1) is 0 Å². The minimum Gasteiger partial charge on any atom is -0.0654 e. The fourth-order valence-corrected chi connectivity index (χ4v) is 3.47. The van der Waals surface area contributed by atoms with Crippen LogP contribution in [0.2, 0.25) is 0 Å². The molecule has 4 atom stereocenters. The van der Waals surface area contributed by atoms with Crippen LogP contribution < -0.4 is 0 Å². The second-order valence-electron chi connectivity index (χ2n) is 6.22. The van der Waals surface area contributed by atoms with Gasteiger partial charge in [0.1, 0.15) is 0 Å². The average Bonchev–Trinajstić information content (AvgIpc) is 2.28. The van der Waals surface area contributed by atoms with Gasteiger partial charge in [-0.3, -0.25) is 0 Å². The monoisotopic (exact) mass is 224 g/mol. The molecule has 0 saturated heterocycles. The molecule has 1 fully saturated rings. The molecular weight excluding hydrogens is 192 g/mol. The molecule has 0 nitrogen and oxygen atoms in total.